The van der Waals surface area contributed by atoms with Gasteiger partial charge in [-0.2, -0.15) is 4.31 Å². The standard InChI is InChI=1S/C18H24N2O4S2/c1-11-9-12(2)14(4)17(13(11)3)26(23,24)19-7-5-15(6-8-19)20-16(21)10-25-18(20)22/h9,15H,5-8,10H2,1-4H3. The van der Waals surface area contributed by atoms with Crippen LogP contribution in [0.15, 0.2) is 11.0 Å². The highest BCUT2D eigenvalue weighted by molar-refractivity contribution is 8.14. The van der Waals surface area contributed by atoms with Gasteiger partial charge in [-0.15, -0.1) is 0 Å². The van der Waals surface area contributed by atoms with Crippen molar-refractivity contribution in [1.82, 2.24) is 9.21 Å². The second kappa shape index (κ2) is 6.98. The molecule has 2 aliphatic heterocycles. The first kappa shape index (κ1) is 19.4. The third-order valence-electron chi connectivity index (χ3n) is 5.47. The van der Waals surface area contributed by atoms with Gasteiger partial charge >= 0.3 is 0 Å². The van der Waals surface area contributed by atoms with Crippen LogP contribution < -0.4 is 0 Å². The fraction of sp³-hybridized carbons (Fsp3) is 0.556. The molecule has 1 aromatic rings. The molecule has 2 fully saturated rings. The molecule has 26 heavy (non-hydrogen) atoms. The topological polar surface area (TPSA) is 74.8 Å². The highest BCUT2D eigenvalue weighted by atomic mass is 32.2. The summed E-state index contributed by atoms with van der Waals surface area (Å²) < 4.78 is 28.0. The van der Waals surface area contributed by atoms with Gasteiger partial charge in [-0.3, -0.25) is 14.5 Å². The zero-order chi connectivity index (χ0) is 19.2. The fourth-order valence-corrected chi connectivity index (χ4v) is 6.58. The Kier molecular flexibility index (Phi) is 5.20. The van der Waals surface area contributed by atoms with E-state index in [0.717, 1.165) is 34.0 Å². The van der Waals surface area contributed by atoms with Crippen molar-refractivity contribution < 1.29 is 18.0 Å². The van der Waals surface area contributed by atoms with Crippen LogP contribution in [0.25, 0.3) is 0 Å². The van der Waals surface area contributed by atoms with E-state index in [2.05, 4.69) is 0 Å². The van der Waals surface area contributed by atoms with E-state index < -0.39 is 10.0 Å². The monoisotopic (exact) mass is 396 g/mol. The number of carbonyl (C=O) groups is 2. The van der Waals surface area contributed by atoms with E-state index in [1.807, 2.05) is 33.8 Å². The Labute approximate surface area is 159 Å². The lowest BCUT2D eigenvalue weighted by Gasteiger charge is -2.35. The summed E-state index contributed by atoms with van der Waals surface area (Å²) in [5.41, 5.74) is 3.51. The zero-order valence-corrected chi connectivity index (χ0v) is 17.2. The molecule has 0 aliphatic carbocycles. The van der Waals surface area contributed by atoms with Crippen LogP contribution in [0.4, 0.5) is 4.79 Å². The highest BCUT2D eigenvalue weighted by Crippen LogP contribution is 2.32. The molecule has 0 spiro atoms. The smallest absolute Gasteiger partial charge is 0.273 e. The maximum atomic E-state index is 13.3. The lowest BCUT2D eigenvalue weighted by Crippen LogP contribution is -2.48. The minimum atomic E-state index is -3.60. The number of rotatable bonds is 3. The summed E-state index contributed by atoms with van der Waals surface area (Å²) in [4.78, 5) is 25.5. The van der Waals surface area contributed by atoms with Gasteiger partial charge in [-0.05, 0) is 62.8 Å². The minimum Gasteiger partial charge on any atom is -0.273 e. The number of piperidine rings is 1. The maximum absolute atomic E-state index is 13.3. The van der Waals surface area contributed by atoms with Crippen molar-refractivity contribution in [1.29, 1.82) is 0 Å². The van der Waals surface area contributed by atoms with E-state index >= 15 is 0 Å². The molecule has 0 aromatic heterocycles. The number of imide groups is 1. The Balaban J connectivity index is 1.83. The first-order chi connectivity index (χ1) is 12.1. The summed E-state index contributed by atoms with van der Waals surface area (Å²) in [6, 6.07) is 1.82. The van der Waals surface area contributed by atoms with Gasteiger partial charge in [0.05, 0.1) is 10.6 Å². The molecule has 3 rings (SSSR count). The molecule has 0 saturated carbocycles. The number of hydrogen-bond acceptors (Lipinski definition) is 5. The fourth-order valence-electron chi connectivity index (χ4n) is 3.75. The molecule has 0 radical (unpaired) electrons. The predicted octanol–water partition coefficient (Wildman–Crippen LogP) is 2.77. The van der Waals surface area contributed by atoms with Crippen molar-refractivity contribution >= 4 is 32.9 Å². The maximum Gasteiger partial charge on any atom is 0.289 e. The summed E-state index contributed by atoms with van der Waals surface area (Å²) in [5.74, 6) is 0.0282. The van der Waals surface area contributed by atoms with Gasteiger partial charge in [-0.25, -0.2) is 8.42 Å². The van der Waals surface area contributed by atoms with Crippen molar-refractivity contribution in [3.8, 4) is 0 Å². The molecule has 0 N–H and O–H groups in total. The Hall–Kier alpha value is -1.38. The molecule has 0 unspecified atom stereocenters. The largest absolute Gasteiger partial charge is 0.289 e. The van der Waals surface area contributed by atoms with Crippen molar-refractivity contribution in [2.75, 3.05) is 18.8 Å². The number of aryl methyl sites for hydroxylation is 2. The van der Waals surface area contributed by atoms with E-state index in [0.29, 0.717) is 30.8 Å². The van der Waals surface area contributed by atoms with E-state index in [4.69, 9.17) is 0 Å². The molecule has 2 amide bonds. The van der Waals surface area contributed by atoms with Crippen LogP contribution >= 0.6 is 11.8 Å². The Bertz CT molecular complexity index is 829. The molecule has 1 aromatic carbocycles. The zero-order valence-electron chi connectivity index (χ0n) is 15.5. The quantitative estimate of drug-likeness (QED) is 0.785. The normalized spacial score (nSPS) is 20.2. The summed E-state index contributed by atoms with van der Waals surface area (Å²) in [5, 5.41) is -0.211. The molecule has 0 atom stereocenters. The molecule has 142 valence electrons. The molecule has 8 heteroatoms. The number of benzene rings is 1. The number of nitrogens with zero attached hydrogens (tertiary/aromatic N) is 2. The Morgan fingerprint density at radius 3 is 2.00 bits per heavy atom. The Morgan fingerprint density at radius 2 is 1.54 bits per heavy atom. The van der Waals surface area contributed by atoms with Crippen LogP contribution in [0.1, 0.15) is 35.1 Å². The second-order valence-corrected chi connectivity index (χ2v) is 9.84. The highest BCUT2D eigenvalue weighted by Gasteiger charge is 2.40. The number of sulfonamides is 1. The number of carbonyl (C=O) groups excluding carboxylic acids is 2. The molecular weight excluding hydrogens is 372 g/mol. The summed E-state index contributed by atoms with van der Waals surface area (Å²) in [7, 11) is -3.60. The third kappa shape index (κ3) is 3.18. The SMILES string of the molecule is Cc1cc(C)c(C)c(S(=O)(=O)N2CCC(N3C(=O)CSC3=O)CC2)c1C. The lowest BCUT2D eigenvalue weighted by molar-refractivity contribution is -0.126. The van der Waals surface area contributed by atoms with Crippen LogP contribution in [0.2, 0.25) is 0 Å². The second-order valence-electron chi connectivity index (χ2n) is 7.04. The van der Waals surface area contributed by atoms with Crippen LogP contribution in [0.5, 0.6) is 0 Å². The van der Waals surface area contributed by atoms with E-state index in [9.17, 15) is 18.0 Å². The number of amides is 2. The average Bonchev–Trinajstić information content (AvgIpc) is 2.92. The van der Waals surface area contributed by atoms with Gasteiger partial charge in [0.25, 0.3) is 5.24 Å². The summed E-state index contributed by atoms with van der Waals surface area (Å²) in [6.45, 7) is 8.19. The van der Waals surface area contributed by atoms with Crippen molar-refractivity contribution in [2.45, 2.75) is 51.5 Å². The van der Waals surface area contributed by atoms with Gasteiger partial charge in [0.1, 0.15) is 0 Å². The molecule has 2 saturated heterocycles. The van der Waals surface area contributed by atoms with Gasteiger partial charge in [0.2, 0.25) is 15.9 Å². The van der Waals surface area contributed by atoms with Crippen LogP contribution in [-0.2, 0) is 14.8 Å². The van der Waals surface area contributed by atoms with Crippen LogP contribution in [0.3, 0.4) is 0 Å². The minimum absolute atomic E-state index is 0.165. The summed E-state index contributed by atoms with van der Waals surface area (Å²) >= 11 is 1.02. The van der Waals surface area contributed by atoms with Crippen molar-refractivity contribution in [2.24, 2.45) is 0 Å². The predicted molar refractivity (Wildman–Crippen MR) is 102 cm³/mol. The van der Waals surface area contributed by atoms with Crippen LogP contribution in [-0.4, -0.2) is 53.7 Å². The first-order valence-corrected chi connectivity index (χ1v) is 11.1. The van der Waals surface area contributed by atoms with Crippen LogP contribution in [0, 0.1) is 27.7 Å². The van der Waals surface area contributed by atoms with Gasteiger partial charge in [0.15, 0.2) is 0 Å². The van der Waals surface area contributed by atoms with E-state index in [1.54, 1.807) is 0 Å². The van der Waals surface area contributed by atoms with Gasteiger partial charge in [-0.1, -0.05) is 17.8 Å². The van der Waals surface area contributed by atoms with E-state index in [1.165, 1.54) is 9.21 Å². The number of hydrogen-bond donors (Lipinski definition) is 0. The number of thioether (sulfide) groups is 1. The Morgan fingerprint density at radius 1 is 1.00 bits per heavy atom. The average molecular weight is 397 g/mol. The first-order valence-electron chi connectivity index (χ1n) is 8.71. The molecule has 6 nitrogen and oxygen atoms in total. The van der Waals surface area contributed by atoms with Gasteiger partial charge in [0, 0.05) is 19.1 Å². The lowest BCUT2D eigenvalue weighted by atomic mass is 10.0. The van der Waals surface area contributed by atoms with Crippen molar-refractivity contribution in [3.05, 3.63) is 28.3 Å². The molecular formula is C18H24N2O4S2. The van der Waals surface area contributed by atoms with E-state index in [-0.39, 0.29) is 22.9 Å². The molecule has 2 heterocycles. The molecule has 0 bridgehead atoms. The molecule has 2 aliphatic rings. The van der Waals surface area contributed by atoms with Crippen molar-refractivity contribution in [3.63, 3.8) is 0 Å². The van der Waals surface area contributed by atoms with Gasteiger partial charge < -0.3 is 0 Å². The summed E-state index contributed by atoms with van der Waals surface area (Å²) in [6.07, 6.45) is 0.973. The third-order valence-corrected chi connectivity index (χ3v) is 8.48.